The summed E-state index contributed by atoms with van der Waals surface area (Å²) in [5, 5.41) is 0. The Bertz CT molecular complexity index is 644. The molecule has 0 aliphatic carbocycles. The van der Waals surface area contributed by atoms with E-state index in [9.17, 15) is 17.8 Å². The van der Waals surface area contributed by atoms with Gasteiger partial charge in [-0.25, -0.2) is 8.42 Å². The molecule has 0 spiro atoms. The molecule has 0 saturated carbocycles. The first-order chi connectivity index (χ1) is 13.4. The van der Waals surface area contributed by atoms with E-state index in [-0.39, 0.29) is 46.2 Å². The molecule has 0 unspecified atom stereocenters. The Morgan fingerprint density at radius 2 is 1.21 bits per heavy atom. The van der Waals surface area contributed by atoms with E-state index in [0.717, 1.165) is 31.4 Å². The van der Waals surface area contributed by atoms with E-state index in [4.69, 9.17) is 4.74 Å². The van der Waals surface area contributed by atoms with Gasteiger partial charge in [-0.05, 0) is 30.7 Å². The van der Waals surface area contributed by atoms with Crippen LogP contribution in [0.15, 0.2) is 29.2 Å². The second kappa shape index (κ2) is 17.3. The van der Waals surface area contributed by atoms with Gasteiger partial charge in [0.2, 0.25) is 0 Å². The van der Waals surface area contributed by atoms with Crippen molar-refractivity contribution in [2.45, 2.75) is 102 Å². The molecular formula is C22H35NaO5S. The zero-order valence-electron chi connectivity index (χ0n) is 18.2. The third kappa shape index (κ3) is 15.1. The van der Waals surface area contributed by atoms with Crippen molar-refractivity contribution < 1.29 is 52.1 Å². The number of carbonyl (C=O) groups excluding carboxylic acids is 1. The smallest absolute Gasteiger partial charge is 0.744 e. The largest absolute Gasteiger partial charge is 1.00 e. The van der Waals surface area contributed by atoms with Gasteiger partial charge < -0.3 is 9.29 Å². The van der Waals surface area contributed by atoms with Gasteiger partial charge in [0.1, 0.15) is 15.9 Å². The summed E-state index contributed by atoms with van der Waals surface area (Å²) in [6, 6.07) is 4.95. The zero-order valence-corrected chi connectivity index (χ0v) is 21.0. The topological polar surface area (TPSA) is 83.5 Å². The summed E-state index contributed by atoms with van der Waals surface area (Å²) in [5.74, 6) is -0.0760. The average molecular weight is 435 g/mol. The van der Waals surface area contributed by atoms with E-state index in [1.165, 1.54) is 76.3 Å². The number of benzene rings is 1. The Kier molecular flexibility index (Phi) is 17.1. The molecule has 5 nitrogen and oxygen atoms in total. The predicted molar refractivity (Wildman–Crippen MR) is 110 cm³/mol. The van der Waals surface area contributed by atoms with Crippen LogP contribution in [0.5, 0.6) is 5.75 Å². The number of carbonyl (C=O) groups is 1. The number of rotatable bonds is 16. The second-order valence-corrected chi connectivity index (χ2v) is 8.77. The summed E-state index contributed by atoms with van der Waals surface area (Å²) < 4.78 is 37.7. The van der Waals surface area contributed by atoms with Gasteiger partial charge >= 0.3 is 35.5 Å². The minimum absolute atomic E-state index is 0. The van der Waals surface area contributed by atoms with E-state index >= 15 is 0 Å². The number of ether oxygens (including phenoxy) is 1. The van der Waals surface area contributed by atoms with Gasteiger partial charge in [0.05, 0.1) is 4.90 Å². The molecule has 0 aliphatic rings. The summed E-state index contributed by atoms with van der Waals surface area (Å²) in [6.07, 6.45) is 16.6. The summed E-state index contributed by atoms with van der Waals surface area (Å²) >= 11 is 0. The van der Waals surface area contributed by atoms with E-state index in [1.54, 1.807) is 0 Å². The van der Waals surface area contributed by atoms with Gasteiger partial charge in [-0.15, -0.1) is 0 Å². The van der Waals surface area contributed by atoms with Crippen molar-refractivity contribution >= 4 is 16.1 Å². The average Bonchev–Trinajstić information content (AvgIpc) is 2.65. The summed E-state index contributed by atoms with van der Waals surface area (Å²) in [7, 11) is -4.47. The Hall–Kier alpha value is -0.400. The quantitative estimate of drug-likeness (QED) is 0.131. The fourth-order valence-corrected chi connectivity index (χ4v) is 3.61. The Morgan fingerprint density at radius 1 is 0.793 bits per heavy atom. The molecule has 1 rings (SSSR count). The van der Waals surface area contributed by atoms with Crippen LogP contribution in [-0.4, -0.2) is 18.9 Å². The minimum Gasteiger partial charge on any atom is -0.744 e. The van der Waals surface area contributed by atoms with E-state index in [2.05, 4.69) is 6.92 Å². The van der Waals surface area contributed by atoms with Crippen LogP contribution in [0.1, 0.15) is 96.8 Å². The van der Waals surface area contributed by atoms with Crippen LogP contribution in [-0.2, 0) is 14.9 Å². The van der Waals surface area contributed by atoms with E-state index in [1.807, 2.05) is 0 Å². The molecule has 0 bridgehead atoms. The third-order valence-electron chi connectivity index (χ3n) is 4.83. The normalized spacial score (nSPS) is 11.1. The summed E-state index contributed by atoms with van der Waals surface area (Å²) in [5.41, 5.74) is 0. The molecule has 0 saturated heterocycles. The minimum atomic E-state index is -4.47. The fraction of sp³-hybridized carbons (Fsp3) is 0.682. The molecule has 7 heteroatoms. The van der Waals surface area contributed by atoms with Crippen molar-refractivity contribution in [3.8, 4) is 5.75 Å². The molecule has 0 N–H and O–H groups in total. The molecular weight excluding hydrogens is 399 g/mol. The van der Waals surface area contributed by atoms with Gasteiger partial charge in [-0.1, -0.05) is 84.0 Å². The number of unbranched alkanes of at least 4 members (excludes halogenated alkanes) is 12. The van der Waals surface area contributed by atoms with Crippen molar-refractivity contribution in [2.24, 2.45) is 0 Å². The van der Waals surface area contributed by atoms with Gasteiger partial charge in [-0.3, -0.25) is 4.79 Å². The van der Waals surface area contributed by atoms with Crippen molar-refractivity contribution in [2.75, 3.05) is 0 Å². The molecule has 29 heavy (non-hydrogen) atoms. The van der Waals surface area contributed by atoms with Gasteiger partial charge in [0, 0.05) is 6.42 Å². The molecule has 0 aliphatic heterocycles. The molecule has 0 heterocycles. The first kappa shape index (κ1) is 28.6. The number of hydrogen-bond acceptors (Lipinski definition) is 5. The van der Waals surface area contributed by atoms with E-state index < -0.39 is 10.1 Å². The molecule has 160 valence electrons. The first-order valence-electron chi connectivity index (χ1n) is 10.7. The van der Waals surface area contributed by atoms with Crippen molar-refractivity contribution in [3.05, 3.63) is 24.3 Å². The second-order valence-electron chi connectivity index (χ2n) is 7.39. The SMILES string of the molecule is CCCCCCCCCCCCCCCC(=O)Oc1ccc(S(=O)(=O)[O-])cc1.[Na+]. The summed E-state index contributed by atoms with van der Waals surface area (Å²) in [4.78, 5) is 11.5. The van der Waals surface area contributed by atoms with Crippen LogP contribution in [0.3, 0.4) is 0 Å². The number of esters is 1. The van der Waals surface area contributed by atoms with Gasteiger partial charge in [0.15, 0.2) is 0 Å². The fourth-order valence-electron chi connectivity index (χ4n) is 3.14. The van der Waals surface area contributed by atoms with Crippen molar-refractivity contribution in [1.82, 2.24) is 0 Å². The van der Waals surface area contributed by atoms with E-state index in [0.29, 0.717) is 6.42 Å². The predicted octanol–water partition coefficient (Wildman–Crippen LogP) is 2.98. The zero-order chi connectivity index (χ0) is 20.7. The Labute approximate surface area is 199 Å². The molecule has 0 fully saturated rings. The maximum Gasteiger partial charge on any atom is 1.00 e. The maximum atomic E-state index is 11.8. The van der Waals surface area contributed by atoms with Crippen molar-refractivity contribution in [3.63, 3.8) is 0 Å². The molecule has 0 aromatic heterocycles. The number of hydrogen-bond donors (Lipinski definition) is 0. The third-order valence-corrected chi connectivity index (χ3v) is 5.68. The molecule has 0 atom stereocenters. The van der Waals surface area contributed by atoms with Crippen LogP contribution < -0.4 is 34.3 Å². The van der Waals surface area contributed by atoms with Crippen LogP contribution in [0, 0.1) is 0 Å². The Morgan fingerprint density at radius 3 is 1.62 bits per heavy atom. The first-order valence-corrected chi connectivity index (χ1v) is 12.1. The van der Waals surface area contributed by atoms with Crippen molar-refractivity contribution in [1.29, 1.82) is 0 Å². The molecule has 1 aromatic carbocycles. The van der Waals surface area contributed by atoms with Gasteiger partial charge in [-0.2, -0.15) is 0 Å². The Balaban J connectivity index is 0.00000784. The molecule has 0 amide bonds. The standard InChI is InChI=1S/C22H36O5S.Na/c1-2-3-4-5-6-7-8-9-10-11-12-13-14-15-22(23)27-20-16-18-21(19-17-20)28(24,25)26;/h16-19H,2-15H2,1H3,(H,24,25,26);/q;+1/p-1. The maximum absolute atomic E-state index is 11.8. The molecule has 1 aromatic rings. The van der Waals surface area contributed by atoms with Crippen LogP contribution in [0.25, 0.3) is 0 Å². The monoisotopic (exact) mass is 434 g/mol. The van der Waals surface area contributed by atoms with Gasteiger partial charge in [0.25, 0.3) is 0 Å². The van der Waals surface area contributed by atoms with Crippen LogP contribution in [0.4, 0.5) is 0 Å². The molecule has 0 radical (unpaired) electrons. The summed E-state index contributed by atoms with van der Waals surface area (Å²) in [6.45, 7) is 2.24. The van der Waals surface area contributed by atoms with Crippen LogP contribution in [0.2, 0.25) is 0 Å². The van der Waals surface area contributed by atoms with Crippen LogP contribution >= 0.6 is 0 Å².